The third kappa shape index (κ3) is 5.47. The van der Waals surface area contributed by atoms with Crippen molar-refractivity contribution >= 4 is 46.4 Å². The highest BCUT2D eigenvalue weighted by Gasteiger charge is 2.19. The van der Waals surface area contributed by atoms with E-state index in [1.165, 1.54) is 11.1 Å². The minimum absolute atomic E-state index is 0. The number of rotatable bonds is 5. The van der Waals surface area contributed by atoms with E-state index in [1.54, 1.807) is 11.3 Å². The van der Waals surface area contributed by atoms with Gasteiger partial charge < -0.3 is 20.1 Å². The number of benzene rings is 1. The van der Waals surface area contributed by atoms with Crippen LogP contribution in [0.1, 0.15) is 17.0 Å². The minimum atomic E-state index is 0. The van der Waals surface area contributed by atoms with Crippen LogP contribution < -0.4 is 10.6 Å². The number of nitrogens with zero attached hydrogens (tertiary/aromatic N) is 6. The van der Waals surface area contributed by atoms with Gasteiger partial charge in [-0.1, -0.05) is 24.3 Å². The molecule has 1 aliphatic rings. The Morgan fingerprint density at radius 2 is 1.93 bits per heavy atom. The number of imidazole rings is 1. The molecule has 0 aliphatic carbocycles. The summed E-state index contributed by atoms with van der Waals surface area (Å²) in [6.45, 7) is 7.01. The number of hydrogen-bond acceptors (Lipinski definition) is 5. The summed E-state index contributed by atoms with van der Waals surface area (Å²) in [6, 6.07) is 8.50. The Kier molecular flexibility index (Phi) is 7.48. The van der Waals surface area contributed by atoms with Crippen LogP contribution in [-0.4, -0.2) is 51.6 Å². The first-order chi connectivity index (χ1) is 13.7. The summed E-state index contributed by atoms with van der Waals surface area (Å²) in [5, 5.41) is 3.10. The first kappa shape index (κ1) is 21.6. The van der Waals surface area contributed by atoms with Gasteiger partial charge in [-0.05, 0) is 18.1 Å². The highest BCUT2D eigenvalue weighted by atomic mass is 127. The highest BCUT2D eigenvalue weighted by molar-refractivity contribution is 14.0. The van der Waals surface area contributed by atoms with E-state index in [2.05, 4.69) is 53.6 Å². The zero-order valence-corrected chi connectivity index (χ0v) is 19.6. The van der Waals surface area contributed by atoms with Crippen molar-refractivity contribution < 1.29 is 0 Å². The van der Waals surface area contributed by atoms with Gasteiger partial charge in [-0.3, -0.25) is 0 Å². The number of guanidine groups is 1. The summed E-state index contributed by atoms with van der Waals surface area (Å²) < 4.78 is 2.14. The van der Waals surface area contributed by atoms with E-state index in [0.29, 0.717) is 12.5 Å². The van der Waals surface area contributed by atoms with E-state index in [1.807, 2.05) is 30.9 Å². The molecular weight excluding hydrogens is 497 g/mol. The van der Waals surface area contributed by atoms with Crippen LogP contribution in [0.15, 0.2) is 53.2 Å². The molecule has 0 atom stereocenters. The summed E-state index contributed by atoms with van der Waals surface area (Å²) in [6.07, 6.45) is 5.69. The van der Waals surface area contributed by atoms with Crippen molar-refractivity contribution in [1.29, 1.82) is 0 Å². The highest BCUT2D eigenvalue weighted by Crippen LogP contribution is 2.18. The van der Waals surface area contributed by atoms with Crippen LogP contribution in [0.25, 0.3) is 0 Å². The first-order valence-corrected chi connectivity index (χ1v) is 10.3. The summed E-state index contributed by atoms with van der Waals surface area (Å²) in [7, 11) is 0. The molecule has 2 aromatic heterocycles. The normalized spacial score (nSPS) is 14.7. The second-order valence-electron chi connectivity index (χ2n) is 6.89. The molecule has 4 rings (SSSR count). The summed E-state index contributed by atoms with van der Waals surface area (Å²) in [5.41, 5.74) is 8.67. The second kappa shape index (κ2) is 10.1. The minimum Gasteiger partial charge on any atom is -0.370 e. The lowest BCUT2D eigenvalue weighted by atomic mass is 10.1. The summed E-state index contributed by atoms with van der Waals surface area (Å²) in [5.74, 6) is 1.64. The fourth-order valence-electron chi connectivity index (χ4n) is 3.37. The largest absolute Gasteiger partial charge is 0.370 e. The Bertz CT molecular complexity index is 930. The van der Waals surface area contributed by atoms with E-state index < -0.39 is 0 Å². The molecule has 3 aromatic rings. The van der Waals surface area contributed by atoms with Gasteiger partial charge in [0.05, 0.1) is 6.54 Å². The molecule has 1 aliphatic heterocycles. The molecule has 1 saturated heterocycles. The SMILES string of the molecule is Cc1nccn1Cc1cccc(CN=C(N)N2CCN(c3nccs3)CC2)c1.I. The summed E-state index contributed by atoms with van der Waals surface area (Å²) >= 11 is 1.68. The Morgan fingerprint density at radius 3 is 2.62 bits per heavy atom. The third-order valence-electron chi connectivity index (χ3n) is 4.99. The van der Waals surface area contributed by atoms with E-state index in [9.17, 15) is 0 Å². The smallest absolute Gasteiger partial charge is 0.191 e. The molecule has 29 heavy (non-hydrogen) atoms. The van der Waals surface area contributed by atoms with Crippen molar-refractivity contribution in [1.82, 2.24) is 19.4 Å². The van der Waals surface area contributed by atoms with Crippen molar-refractivity contribution in [3.63, 3.8) is 0 Å². The first-order valence-electron chi connectivity index (χ1n) is 9.44. The van der Waals surface area contributed by atoms with Gasteiger partial charge in [-0.25, -0.2) is 15.0 Å². The van der Waals surface area contributed by atoms with E-state index >= 15 is 0 Å². The number of aryl methyl sites for hydroxylation is 1. The number of nitrogens with two attached hydrogens (primary N) is 1. The molecule has 7 nitrogen and oxygen atoms in total. The van der Waals surface area contributed by atoms with Crippen molar-refractivity contribution in [2.75, 3.05) is 31.1 Å². The molecule has 2 N–H and O–H groups in total. The third-order valence-corrected chi connectivity index (χ3v) is 5.82. The Morgan fingerprint density at radius 1 is 1.14 bits per heavy atom. The van der Waals surface area contributed by atoms with E-state index in [-0.39, 0.29) is 24.0 Å². The number of anilines is 1. The lowest BCUT2D eigenvalue weighted by Gasteiger charge is -2.35. The van der Waals surface area contributed by atoms with Crippen LogP contribution in [0.3, 0.4) is 0 Å². The van der Waals surface area contributed by atoms with Crippen LogP contribution in [0.5, 0.6) is 0 Å². The number of piperazine rings is 1. The van der Waals surface area contributed by atoms with Crippen LogP contribution >= 0.6 is 35.3 Å². The Hall–Kier alpha value is -2.14. The average Bonchev–Trinajstić information content (AvgIpc) is 3.39. The fraction of sp³-hybridized carbons (Fsp3) is 0.350. The molecular formula is C20H26IN7S. The summed E-state index contributed by atoms with van der Waals surface area (Å²) in [4.78, 5) is 17.8. The van der Waals surface area contributed by atoms with Crippen molar-refractivity contribution in [2.45, 2.75) is 20.0 Å². The molecule has 0 amide bonds. The molecule has 0 saturated carbocycles. The van der Waals surface area contributed by atoms with Crippen molar-refractivity contribution in [2.24, 2.45) is 10.7 Å². The Labute approximate surface area is 192 Å². The maximum absolute atomic E-state index is 6.26. The predicted octanol–water partition coefficient (Wildman–Crippen LogP) is 2.95. The van der Waals surface area contributed by atoms with Gasteiger partial charge in [-0.15, -0.1) is 35.3 Å². The second-order valence-corrected chi connectivity index (χ2v) is 7.76. The molecule has 0 radical (unpaired) electrons. The fourth-order valence-corrected chi connectivity index (χ4v) is 4.06. The van der Waals surface area contributed by atoms with Gasteiger partial charge in [0.25, 0.3) is 0 Å². The van der Waals surface area contributed by atoms with Crippen molar-refractivity contribution in [3.05, 3.63) is 65.2 Å². The van der Waals surface area contributed by atoms with E-state index in [4.69, 9.17) is 5.73 Å². The maximum atomic E-state index is 6.26. The molecule has 3 heterocycles. The van der Waals surface area contributed by atoms with Gasteiger partial charge in [0, 0.05) is 56.7 Å². The number of halogens is 1. The zero-order valence-electron chi connectivity index (χ0n) is 16.4. The molecule has 0 spiro atoms. The molecule has 1 fully saturated rings. The van der Waals surface area contributed by atoms with E-state index in [0.717, 1.165) is 43.7 Å². The molecule has 0 unspecified atom stereocenters. The van der Waals surface area contributed by atoms with Crippen molar-refractivity contribution in [3.8, 4) is 0 Å². The Balaban J connectivity index is 0.00000240. The monoisotopic (exact) mass is 523 g/mol. The van der Waals surface area contributed by atoms with Crippen LogP contribution in [0.2, 0.25) is 0 Å². The maximum Gasteiger partial charge on any atom is 0.191 e. The van der Waals surface area contributed by atoms with Gasteiger partial charge in [-0.2, -0.15) is 0 Å². The lowest BCUT2D eigenvalue weighted by molar-refractivity contribution is 0.380. The van der Waals surface area contributed by atoms with Gasteiger partial charge in [0.1, 0.15) is 5.82 Å². The predicted molar refractivity (Wildman–Crippen MR) is 129 cm³/mol. The van der Waals surface area contributed by atoms with Gasteiger partial charge in [0.15, 0.2) is 11.1 Å². The average molecular weight is 523 g/mol. The van der Waals surface area contributed by atoms with Gasteiger partial charge >= 0.3 is 0 Å². The van der Waals surface area contributed by atoms with Crippen LogP contribution in [-0.2, 0) is 13.1 Å². The number of thiazole rings is 1. The zero-order chi connectivity index (χ0) is 19.3. The van der Waals surface area contributed by atoms with Crippen LogP contribution in [0.4, 0.5) is 5.13 Å². The molecule has 0 bridgehead atoms. The molecule has 9 heteroatoms. The molecule has 1 aromatic carbocycles. The standard InChI is InChI=1S/C20H25N7S.HI/c1-16-22-5-7-27(16)15-18-4-2-3-17(13-18)14-24-19(21)25-8-10-26(11-9-25)20-23-6-12-28-20;/h2-7,12-13H,8-11,14-15H2,1H3,(H2,21,24);1H. The molecule has 154 valence electrons. The number of hydrogen-bond donors (Lipinski definition) is 1. The quantitative estimate of drug-likeness (QED) is 0.316. The van der Waals surface area contributed by atoms with Gasteiger partial charge in [0.2, 0.25) is 0 Å². The lowest BCUT2D eigenvalue weighted by Crippen LogP contribution is -2.51. The topological polar surface area (TPSA) is 75.6 Å². The number of aliphatic imine (C=N–C) groups is 1. The number of aromatic nitrogens is 3. The van der Waals surface area contributed by atoms with Crippen LogP contribution in [0, 0.1) is 6.92 Å².